The summed E-state index contributed by atoms with van der Waals surface area (Å²) in [6.45, 7) is 2.13. The number of carbonyl (C=O) groups excluding carboxylic acids is 1. The Morgan fingerprint density at radius 2 is 1.74 bits per heavy atom. The van der Waals surface area contributed by atoms with Crippen LogP contribution < -0.4 is 24.3 Å². The van der Waals surface area contributed by atoms with E-state index in [0.29, 0.717) is 34.3 Å². The number of hydrogen-bond donors (Lipinski definition) is 1. The van der Waals surface area contributed by atoms with Crippen molar-refractivity contribution in [3.63, 3.8) is 0 Å². The summed E-state index contributed by atoms with van der Waals surface area (Å²) in [4.78, 5) is 18.2. The van der Waals surface area contributed by atoms with Gasteiger partial charge in [-0.05, 0) is 55.0 Å². The molecule has 1 N–H and O–H groups in total. The van der Waals surface area contributed by atoms with Crippen LogP contribution in [0.15, 0.2) is 66.7 Å². The first-order valence-corrected chi connectivity index (χ1v) is 10.9. The first kappa shape index (κ1) is 21.6. The average Bonchev–Trinajstić information content (AvgIpc) is 3.35. The molecule has 4 aromatic rings. The number of amides is 1. The third-order valence-corrected chi connectivity index (χ3v) is 5.88. The van der Waals surface area contributed by atoms with Gasteiger partial charge in [0.25, 0.3) is 5.91 Å². The Kier molecular flexibility index (Phi) is 5.67. The molecule has 1 aromatic heterocycles. The average molecular weight is 456 g/mol. The summed E-state index contributed by atoms with van der Waals surface area (Å²) < 4.78 is 21.7. The van der Waals surface area contributed by atoms with Crippen molar-refractivity contribution >= 4 is 16.8 Å². The Morgan fingerprint density at radius 1 is 0.941 bits per heavy atom. The number of methoxy groups -OCH3 is 2. The molecule has 7 nitrogen and oxygen atoms in total. The fraction of sp³-hybridized carbons (Fsp3) is 0.185. The Bertz CT molecular complexity index is 1390. The van der Waals surface area contributed by atoms with E-state index in [4.69, 9.17) is 23.9 Å². The van der Waals surface area contributed by atoms with E-state index in [-0.39, 0.29) is 18.7 Å². The molecule has 1 aliphatic rings. The van der Waals surface area contributed by atoms with Crippen LogP contribution in [0, 0.1) is 0 Å². The van der Waals surface area contributed by atoms with Gasteiger partial charge in [-0.15, -0.1) is 0 Å². The van der Waals surface area contributed by atoms with Crippen LogP contribution in [0.5, 0.6) is 23.0 Å². The zero-order valence-electron chi connectivity index (χ0n) is 19.1. The quantitative estimate of drug-likeness (QED) is 0.433. The van der Waals surface area contributed by atoms with Crippen molar-refractivity contribution in [1.29, 1.82) is 0 Å². The monoisotopic (exact) mass is 456 g/mol. The van der Waals surface area contributed by atoms with Gasteiger partial charge < -0.3 is 24.3 Å². The van der Waals surface area contributed by atoms with Gasteiger partial charge >= 0.3 is 0 Å². The van der Waals surface area contributed by atoms with Crippen LogP contribution in [-0.4, -0.2) is 31.9 Å². The number of nitrogens with zero attached hydrogens (tertiary/aromatic N) is 1. The minimum atomic E-state index is -0.256. The molecular formula is C27H24N2O5. The number of rotatable bonds is 6. The predicted octanol–water partition coefficient (Wildman–Crippen LogP) is 5.14. The molecule has 172 valence electrons. The van der Waals surface area contributed by atoms with Crippen molar-refractivity contribution in [3.05, 3.63) is 77.9 Å². The molecule has 0 saturated carbocycles. The number of hydrogen-bond acceptors (Lipinski definition) is 6. The molecule has 0 aliphatic carbocycles. The summed E-state index contributed by atoms with van der Waals surface area (Å²) in [6, 6.07) is 20.4. The Hall–Kier alpha value is -4.26. The molecule has 1 aliphatic heterocycles. The SMILES string of the molecule is COc1ccc(C(C)NC(=O)c2cc(-c3ccc4c(c3)OCO4)nc3ccccc23)cc1OC. The van der Waals surface area contributed by atoms with Gasteiger partial charge in [0.15, 0.2) is 23.0 Å². The molecule has 0 fully saturated rings. The molecule has 0 radical (unpaired) electrons. The maximum Gasteiger partial charge on any atom is 0.252 e. The lowest BCUT2D eigenvalue weighted by molar-refractivity contribution is 0.0941. The maximum absolute atomic E-state index is 13.5. The van der Waals surface area contributed by atoms with E-state index in [1.165, 1.54) is 0 Å². The minimum absolute atomic E-state index is 0.192. The van der Waals surface area contributed by atoms with Gasteiger partial charge in [-0.25, -0.2) is 4.98 Å². The molecule has 2 heterocycles. The number of benzene rings is 3. The lowest BCUT2D eigenvalue weighted by atomic mass is 10.0. The van der Waals surface area contributed by atoms with Gasteiger partial charge in [0, 0.05) is 10.9 Å². The normalized spacial score (nSPS) is 12.9. The third kappa shape index (κ3) is 3.96. The molecule has 1 unspecified atom stereocenters. The molecule has 7 heteroatoms. The van der Waals surface area contributed by atoms with Crippen molar-refractivity contribution in [2.75, 3.05) is 21.0 Å². The van der Waals surface area contributed by atoms with Gasteiger partial charge in [0.1, 0.15) is 0 Å². The molecule has 5 rings (SSSR count). The van der Waals surface area contributed by atoms with E-state index in [1.54, 1.807) is 14.2 Å². The summed E-state index contributed by atoms with van der Waals surface area (Å²) in [6.07, 6.45) is 0. The number of pyridine rings is 1. The van der Waals surface area contributed by atoms with E-state index in [1.807, 2.05) is 73.7 Å². The fourth-order valence-corrected chi connectivity index (χ4v) is 4.05. The molecule has 34 heavy (non-hydrogen) atoms. The highest BCUT2D eigenvalue weighted by atomic mass is 16.7. The Morgan fingerprint density at radius 3 is 2.56 bits per heavy atom. The second kappa shape index (κ2) is 8.94. The highest BCUT2D eigenvalue weighted by Gasteiger charge is 2.19. The van der Waals surface area contributed by atoms with E-state index >= 15 is 0 Å². The van der Waals surface area contributed by atoms with Gasteiger partial charge in [0.05, 0.1) is 37.0 Å². The van der Waals surface area contributed by atoms with Crippen molar-refractivity contribution < 1.29 is 23.7 Å². The number of ether oxygens (including phenoxy) is 4. The maximum atomic E-state index is 13.5. The topological polar surface area (TPSA) is 78.9 Å². The predicted molar refractivity (Wildman–Crippen MR) is 129 cm³/mol. The van der Waals surface area contributed by atoms with Crippen LogP contribution in [0.25, 0.3) is 22.2 Å². The summed E-state index contributed by atoms with van der Waals surface area (Å²) in [5.74, 6) is 2.42. The Balaban J connectivity index is 1.49. The highest BCUT2D eigenvalue weighted by Crippen LogP contribution is 2.36. The first-order valence-electron chi connectivity index (χ1n) is 10.9. The second-order valence-electron chi connectivity index (χ2n) is 7.95. The lowest BCUT2D eigenvalue weighted by Crippen LogP contribution is -2.27. The van der Waals surface area contributed by atoms with Crippen LogP contribution in [0.3, 0.4) is 0 Å². The zero-order valence-corrected chi connectivity index (χ0v) is 19.1. The summed E-state index contributed by atoms with van der Waals surface area (Å²) in [5.41, 5.74) is 3.71. The lowest BCUT2D eigenvalue weighted by Gasteiger charge is -2.18. The van der Waals surface area contributed by atoms with Crippen LogP contribution in [0.4, 0.5) is 0 Å². The summed E-state index contributed by atoms with van der Waals surface area (Å²) >= 11 is 0. The van der Waals surface area contributed by atoms with Crippen molar-refractivity contribution in [1.82, 2.24) is 10.3 Å². The molecule has 1 amide bonds. The van der Waals surface area contributed by atoms with E-state index in [9.17, 15) is 4.79 Å². The number of aromatic nitrogens is 1. The minimum Gasteiger partial charge on any atom is -0.493 e. The third-order valence-electron chi connectivity index (χ3n) is 5.88. The second-order valence-corrected chi connectivity index (χ2v) is 7.95. The smallest absolute Gasteiger partial charge is 0.252 e. The number of carbonyl (C=O) groups is 1. The molecular weight excluding hydrogens is 432 g/mol. The largest absolute Gasteiger partial charge is 0.493 e. The molecule has 0 bridgehead atoms. The van der Waals surface area contributed by atoms with Gasteiger partial charge in [0.2, 0.25) is 6.79 Å². The molecule has 1 atom stereocenters. The fourth-order valence-electron chi connectivity index (χ4n) is 4.05. The highest BCUT2D eigenvalue weighted by molar-refractivity contribution is 6.07. The van der Waals surface area contributed by atoms with Crippen LogP contribution in [0.2, 0.25) is 0 Å². The van der Waals surface area contributed by atoms with Crippen LogP contribution in [-0.2, 0) is 0 Å². The number of fused-ring (bicyclic) bond motifs is 2. The van der Waals surface area contributed by atoms with E-state index < -0.39 is 0 Å². The Labute approximate surface area is 197 Å². The zero-order chi connectivity index (χ0) is 23.7. The van der Waals surface area contributed by atoms with E-state index in [2.05, 4.69) is 5.32 Å². The molecule has 0 spiro atoms. The standard InChI is InChI=1S/C27H24N2O5/c1-16(17-8-10-23(31-2)25(12-17)32-3)28-27(30)20-14-22(29-21-7-5-4-6-19(20)21)18-9-11-24-26(13-18)34-15-33-24/h4-14,16H,15H2,1-3H3,(H,28,30). The van der Waals surface area contributed by atoms with Gasteiger partial charge in [-0.1, -0.05) is 24.3 Å². The van der Waals surface area contributed by atoms with Crippen molar-refractivity contribution in [3.8, 4) is 34.3 Å². The number of para-hydroxylation sites is 1. The molecule has 3 aromatic carbocycles. The van der Waals surface area contributed by atoms with Crippen molar-refractivity contribution in [2.24, 2.45) is 0 Å². The molecule has 0 saturated heterocycles. The van der Waals surface area contributed by atoms with Crippen molar-refractivity contribution in [2.45, 2.75) is 13.0 Å². The summed E-state index contributed by atoms with van der Waals surface area (Å²) in [5, 5.41) is 3.89. The van der Waals surface area contributed by atoms with Gasteiger partial charge in [-0.2, -0.15) is 0 Å². The number of nitrogens with one attached hydrogen (secondary N) is 1. The summed E-state index contributed by atoms with van der Waals surface area (Å²) in [7, 11) is 3.18. The van der Waals surface area contributed by atoms with Crippen LogP contribution >= 0.6 is 0 Å². The van der Waals surface area contributed by atoms with Gasteiger partial charge in [-0.3, -0.25) is 4.79 Å². The van der Waals surface area contributed by atoms with E-state index in [0.717, 1.165) is 22.0 Å². The first-order chi connectivity index (χ1) is 16.6. The van der Waals surface area contributed by atoms with Crippen LogP contribution in [0.1, 0.15) is 28.9 Å².